The van der Waals surface area contributed by atoms with Crippen LogP contribution in [-0.4, -0.2) is 29.1 Å². The molecule has 0 spiro atoms. The highest BCUT2D eigenvalue weighted by Crippen LogP contribution is 2.30. The summed E-state index contributed by atoms with van der Waals surface area (Å²) in [7, 11) is 0. The molecule has 1 heterocycles. The van der Waals surface area contributed by atoms with E-state index in [1.54, 1.807) is 4.90 Å². The zero-order valence-electron chi connectivity index (χ0n) is 19.2. The molecule has 2 aliphatic rings. The van der Waals surface area contributed by atoms with E-state index in [2.05, 4.69) is 11.4 Å². The van der Waals surface area contributed by atoms with Crippen molar-refractivity contribution in [3.63, 3.8) is 0 Å². The number of anilines is 2. The third-order valence-corrected chi connectivity index (χ3v) is 7.16. The van der Waals surface area contributed by atoms with E-state index >= 15 is 0 Å². The van der Waals surface area contributed by atoms with Gasteiger partial charge in [0.05, 0.1) is 12.6 Å². The van der Waals surface area contributed by atoms with Gasteiger partial charge in [-0.2, -0.15) is 0 Å². The topological polar surface area (TPSA) is 95.7 Å². The number of aliphatic carboxylic acids is 1. The number of fused-ring (bicyclic) bond motifs is 1. The van der Waals surface area contributed by atoms with Crippen molar-refractivity contribution in [2.45, 2.75) is 76.4 Å². The predicted octanol–water partition coefficient (Wildman–Crippen LogP) is 4.52. The fraction of sp³-hybridized carbons (Fsp3) is 0.481. The van der Waals surface area contributed by atoms with Crippen LogP contribution in [0.5, 0.6) is 0 Å². The number of rotatable bonds is 8. The summed E-state index contributed by atoms with van der Waals surface area (Å²) in [5, 5.41) is 13.1. The average molecular weight is 450 g/mol. The standard InChI is InChI=1S/C27H35N3O3/c28-22-14-10-20(11-15-22)18-30-25-9-5-4-8-21(25)13-17-23(26(30)31)29-24(27(32)33)16-12-19-6-2-1-3-7-19/h4-5,8-11,14-15,19,23-24,29H,1-3,6-7,12-13,16-18,28H2,(H,32,33)/t23?,24-/m0/s1. The second-order valence-corrected chi connectivity index (χ2v) is 9.52. The van der Waals surface area contributed by atoms with Crippen LogP contribution in [0.15, 0.2) is 48.5 Å². The fourth-order valence-electron chi connectivity index (χ4n) is 5.24. The summed E-state index contributed by atoms with van der Waals surface area (Å²) in [5.74, 6) is -0.329. The summed E-state index contributed by atoms with van der Waals surface area (Å²) < 4.78 is 0. The Morgan fingerprint density at radius 2 is 1.79 bits per heavy atom. The van der Waals surface area contributed by atoms with Crippen molar-refractivity contribution in [2.24, 2.45) is 5.92 Å². The van der Waals surface area contributed by atoms with E-state index in [0.29, 0.717) is 31.0 Å². The number of nitrogens with zero attached hydrogens (tertiary/aromatic N) is 1. The van der Waals surface area contributed by atoms with Crippen LogP contribution in [0.1, 0.15) is 62.5 Å². The van der Waals surface area contributed by atoms with E-state index in [-0.39, 0.29) is 5.91 Å². The fourth-order valence-corrected chi connectivity index (χ4v) is 5.24. The number of hydrogen-bond acceptors (Lipinski definition) is 4. The summed E-state index contributed by atoms with van der Waals surface area (Å²) in [6, 6.07) is 14.3. The lowest BCUT2D eigenvalue weighted by atomic mass is 9.85. The number of carboxylic acid groups (broad SMARTS) is 1. The number of amides is 1. The van der Waals surface area contributed by atoms with Gasteiger partial charge in [0.25, 0.3) is 0 Å². The third kappa shape index (κ3) is 5.93. The van der Waals surface area contributed by atoms with Crippen molar-refractivity contribution in [3.05, 3.63) is 59.7 Å². The number of carboxylic acids is 1. The van der Waals surface area contributed by atoms with Gasteiger partial charge in [-0.1, -0.05) is 62.4 Å². The molecule has 176 valence electrons. The zero-order valence-corrected chi connectivity index (χ0v) is 19.2. The van der Waals surface area contributed by atoms with E-state index in [0.717, 1.165) is 29.7 Å². The van der Waals surface area contributed by atoms with E-state index in [4.69, 9.17) is 5.73 Å². The van der Waals surface area contributed by atoms with Crippen molar-refractivity contribution in [1.29, 1.82) is 0 Å². The lowest BCUT2D eigenvalue weighted by molar-refractivity contribution is -0.140. The largest absolute Gasteiger partial charge is 0.480 e. The molecule has 0 saturated heterocycles. The van der Waals surface area contributed by atoms with Gasteiger partial charge in [0.2, 0.25) is 5.91 Å². The van der Waals surface area contributed by atoms with Crippen LogP contribution >= 0.6 is 0 Å². The Kier molecular flexibility index (Phi) is 7.65. The molecule has 1 aliphatic carbocycles. The molecule has 4 rings (SSSR count). The van der Waals surface area contributed by atoms with Crippen LogP contribution < -0.4 is 16.0 Å². The van der Waals surface area contributed by atoms with Gasteiger partial charge in [0.15, 0.2) is 0 Å². The molecule has 0 bridgehead atoms. The third-order valence-electron chi connectivity index (χ3n) is 7.16. The van der Waals surface area contributed by atoms with Crippen LogP contribution in [-0.2, 0) is 22.6 Å². The van der Waals surface area contributed by atoms with Crippen LogP contribution in [0.25, 0.3) is 0 Å². The Labute approximate surface area is 196 Å². The maximum atomic E-state index is 13.7. The van der Waals surface area contributed by atoms with Gasteiger partial charge in [-0.05, 0) is 60.9 Å². The van der Waals surface area contributed by atoms with Crippen molar-refractivity contribution < 1.29 is 14.7 Å². The molecule has 6 nitrogen and oxygen atoms in total. The van der Waals surface area contributed by atoms with Crippen molar-refractivity contribution in [1.82, 2.24) is 5.32 Å². The Hall–Kier alpha value is -2.86. The Bertz CT molecular complexity index is 953. The Morgan fingerprint density at radius 3 is 2.52 bits per heavy atom. The number of benzene rings is 2. The van der Waals surface area contributed by atoms with Crippen LogP contribution in [0.4, 0.5) is 11.4 Å². The highest BCUT2D eigenvalue weighted by Gasteiger charge is 2.33. The molecule has 1 aliphatic heterocycles. The van der Waals surface area contributed by atoms with Crippen LogP contribution in [0.2, 0.25) is 0 Å². The lowest BCUT2D eigenvalue weighted by Crippen LogP contribution is -2.51. The molecular weight excluding hydrogens is 414 g/mol. The number of nitrogen functional groups attached to an aromatic ring is 1. The minimum atomic E-state index is -0.870. The van der Waals surface area contributed by atoms with Crippen LogP contribution in [0, 0.1) is 5.92 Å². The summed E-state index contributed by atoms with van der Waals surface area (Å²) >= 11 is 0. The van der Waals surface area contributed by atoms with Gasteiger partial charge in [0, 0.05) is 11.4 Å². The van der Waals surface area contributed by atoms with E-state index < -0.39 is 18.1 Å². The first kappa shape index (κ1) is 23.3. The quantitative estimate of drug-likeness (QED) is 0.515. The number of carbonyl (C=O) groups excluding carboxylic acids is 1. The highest BCUT2D eigenvalue weighted by molar-refractivity contribution is 5.98. The molecule has 33 heavy (non-hydrogen) atoms. The highest BCUT2D eigenvalue weighted by atomic mass is 16.4. The molecule has 2 aromatic carbocycles. The van der Waals surface area contributed by atoms with Crippen molar-refractivity contribution in [3.8, 4) is 0 Å². The lowest BCUT2D eigenvalue weighted by Gasteiger charge is -2.29. The Morgan fingerprint density at radius 1 is 1.06 bits per heavy atom. The molecule has 1 amide bonds. The molecule has 0 radical (unpaired) electrons. The molecular formula is C27H35N3O3. The van der Waals surface area contributed by atoms with Gasteiger partial charge in [-0.3, -0.25) is 14.9 Å². The smallest absolute Gasteiger partial charge is 0.320 e. The normalized spacial score (nSPS) is 20.2. The number of carbonyl (C=O) groups is 2. The number of nitrogens with one attached hydrogen (secondary N) is 1. The number of hydrogen-bond donors (Lipinski definition) is 3. The minimum absolute atomic E-state index is 0.0688. The first-order valence-electron chi connectivity index (χ1n) is 12.2. The summed E-state index contributed by atoms with van der Waals surface area (Å²) in [4.78, 5) is 27.5. The molecule has 6 heteroatoms. The number of para-hydroxylation sites is 1. The number of nitrogens with two attached hydrogens (primary N) is 1. The summed E-state index contributed by atoms with van der Waals surface area (Å²) in [5.41, 5.74) is 9.51. The van der Waals surface area contributed by atoms with E-state index in [9.17, 15) is 14.7 Å². The minimum Gasteiger partial charge on any atom is -0.480 e. The predicted molar refractivity (Wildman–Crippen MR) is 131 cm³/mol. The summed E-state index contributed by atoms with van der Waals surface area (Å²) in [6.45, 7) is 0.425. The van der Waals surface area contributed by atoms with Crippen LogP contribution in [0.3, 0.4) is 0 Å². The monoisotopic (exact) mass is 449 g/mol. The Balaban J connectivity index is 1.51. The van der Waals surface area contributed by atoms with Gasteiger partial charge in [-0.15, -0.1) is 0 Å². The second-order valence-electron chi connectivity index (χ2n) is 9.52. The van der Waals surface area contributed by atoms with E-state index in [1.807, 2.05) is 42.5 Å². The first-order valence-corrected chi connectivity index (χ1v) is 12.2. The molecule has 1 saturated carbocycles. The molecule has 1 fully saturated rings. The molecule has 0 aromatic heterocycles. The second kappa shape index (κ2) is 10.8. The van der Waals surface area contributed by atoms with Gasteiger partial charge >= 0.3 is 5.97 Å². The summed E-state index contributed by atoms with van der Waals surface area (Å²) in [6.07, 6.45) is 8.95. The maximum absolute atomic E-state index is 13.7. The number of aryl methyl sites for hydroxylation is 1. The van der Waals surface area contributed by atoms with Crippen molar-refractivity contribution in [2.75, 3.05) is 10.6 Å². The van der Waals surface area contributed by atoms with Gasteiger partial charge in [0.1, 0.15) is 6.04 Å². The van der Waals surface area contributed by atoms with E-state index in [1.165, 1.54) is 32.1 Å². The molecule has 2 atom stereocenters. The van der Waals surface area contributed by atoms with Gasteiger partial charge < -0.3 is 15.7 Å². The molecule has 4 N–H and O–H groups in total. The SMILES string of the molecule is Nc1ccc(CN2C(=O)C(N[C@@H](CCC3CCCCC3)C(=O)O)CCc3ccccc32)cc1. The molecule has 2 aromatic rings. The van der Waals surface area contributed by atoms with Crippen molar-refractivity contribution >= 4 is 23.3 Å². The molecule has 1 unspecified atom stereocenters. The first-order chi connectivity index (χ1) is 16.0. The zero-order chi connectivity index (χ0) is 23.2. The van der Waals surface area contributed by atoms with Gasteiger partial charge in [-0.25, -0.2) is 0 Å². The maximum Gasteiger partial charge on any atom is 0.320 e. The average Bonchev–Trinajstić information content (AvgIpc) is 2.95.